The van der Waals surface area contributed by atoms with Crippen LogP contribution in [0.2, 0.25) is 0 Å². The fourth-order valence-electron chi connectivity index (χ4n) is 1.13. The number of nitrogens with two attached hydrogens (primary N) is 1. The maximum absolute atomic E-state index is 12.3. The molecule has 0 amide bonds. The van der Waals surface area contributed by atoms with E-state index in [1.165, 1.54) is 6.07 Å². The van der Waals surface area contributed by atoms with E-state index in [-0.39, 0.29) is 0 Å². The van der Waals surface area contributed by atoms with Gasteiger partial charge in [0, 0.05) is 0 Å². The predicted molar refractivity (Wildman–Crippen MR) is 54.1 cm³/mol. The van der Waals surface area contributed by atoms with E-state index in [1.807, 2.05) is 0 Å². The standard InChI is InChI=1S/C11H12F3N/c12-11(13,14)10-6-3-5-9(8-10)4-1-2-7-15/h1,3-6,8H,2,7,15H2/b4-1+. The molecular weight excluding hydrogens is 203 g/mol. The second kappa shape index (κ2) is 4.98. The molecule has 0 saturated carbocycles. The Kier molecular flexibility index (Phi) is 3.91. The Morgan fingerprint density at radius 2 is 2.00 bits per heavy atom. The lowest BCUT2D eigenvalue weighted by atomic mass is 10.1. The predicted octanol–water partition coefficient (Wildman–Crippen LogP) is 3.07. The monoisotopic (exact) mass is 215 g/mol. The van der Waals surface area contributed by atoms with E-state index in [2.05, 4.69) is 0 Å². The number of alkyl halides is 3. The molecule has 0 bridgehead atoms. The van der Waals surface area contributed by atoms with Crippen molar-refractivity contribution in [2.45, 2.75) is 12.6 Å². The molecule has 0 aromatic heterocycles. The summed E-state index contributed by atoms with van der Waals surface area (Å²) in [4.78, 5) is 0. The van der Waals surface area contributed by atoms with Crippen LogP contribution < -0.4 is 5.73 Å². The minimum atomic E-state index is -4.28. The Bertz CT molecular complexity index is 342. The maximum Gasteiger partial charge on any atom is 0.416 e. The van der Waals surface area contributed by atoms with Crippen molar-refractivity contribution in [1.29, 1.82) is 0 Å². The molecule has 1 aromatic carbocycles. The minimum absolute atomic E-state index is 0.495. The first-order chi connectivity index (χ1) is 7.04. The van der Waals surface area contributed by atoms with Gasteiger partial charge in [0.15, 0.2) is 0 Å². The molecule has 1 nitrogen and oxygen atoms in total. The quantitative estimate of drug-likeness (QED) is 0.823. The third-order valence-corrected chi connectivity index (χ3v) is 1.86. The molecule has 0 spiro atoms. The summed E-state index contributed by atoms with van der Waals surface area (Å²) < 4.78 is 36.9. The van der Waals surface area contributed by atoms with Crippen molar-refractivity contribution in [2.75, 3.05) is 6.54 Å². The van der Waals surface area contributed by atoms with Crippen LogP contribution in [0.4, 0.5) is 13.2 Å². The third-order valence-electron chi connectivity index (χ3n) is 1.86. The molecular formula is C11H12F3N. The van der Waals surface area contributed by atoms with E-state index in [0.717, 1.165) is 12.1 Å². The van der Waals surface area contributed by atoms with Crippen molar-refractivity contribution >= 4 is 6.08 Å². The van der Waals surface area contributed by atoms with Gasteiger partial charge >= 0.3 is 6.18 Å². The SMILES string of the molecule is NCC/C=C/c1cccc(C(F)(F)F)c1. The van der Waals surface area contributed by atoms with Crippen molar-refractivity contribution in [1.82, 2.24) is 0 Å². The van der Waals surface area contributed by atoms with E-state index < -0.39 is 11.7 Å². The van der Waals surface area contributed by atoms with E-state index in [4.69, 9.17) is 5.73 Å². The number of hydrogen-bond donors (Lipinski definition) is 1. The summed E-state index contributed by atoms with van der Waals surface area (Å²) in [5.41, 5.74) is 5.17. The fourth-order valence-corrected chi connectivity index (χ4v) is 1.13. The molecule has 0 aliphatic carbocycles. The average molecular weight is 215 g/mol. The Morgan fingerprint density at radius 3 is 2.60 bits per heavy atom. The van der Waals surface area contributed by atoms with Gasteiger partial charge in [0.25, 0.3) is 0 Å². The molecule has 2 N–H and O–H groups in total. The minimum Gasteiger partial charge on any atom is -0.330 e. The third kappa shape index (κ3) is 3.75. The molecule has 1 rings (SSSR count). The zero-order chi connectivity index (χ0) is 11.3. The van der Waals surface area contributed by atoms with Gasteiger partial charge < -0.3 is 5.73 Å². The highest BCUT2D eigenvalue weighted by molar-refractivity contribution is 5.50. The zero-order valence-electron chi connectivity index (χ0n) is 8.09. The van der Waals surface area contributed by atoms with Gasteiger partial charge in [0.2, 0.25) is 0 Å². The van der Waals surface area contributed by atoms with Gasteiger partial charge in [-0.3, -0.25) is 0 Å². The lowest BCUT2D eigenvalue weighted by molar-refractivity contribution is -0.137. The van der Waals surface area contributed by atoms with Crippen molar-refractivity contribution < 1.29 is 13.2 Å². The van der Waals surface area contributed by atoms with Crippen LogP contribution in [0.15, 0.2) is 30.3 Å². The number of halogens is 3. The van der Waals surface area contributed by atoms with E-state index >= 15 is 0 Å². The molecule has 1 aromatic rings. The maximum atomic E-state index is 12.3. The number of benzene rings is 1. The zero-order valence-corrected chi connectivity index (χ0v) is 8.09. The van der Waals surface area contributed by atoms with Crippen LogP contribution in [0, 0.1) is 0 Å². The Balaban J connectivity index is 2.84. The summed E-state index contributed by atoms with van der Waals surface area (Å²) in [6.45, 7) is 0.495. The van der Waals surface area contributed by atoms with Gasteiger partial charge in [-0.15, -0.1) is 0 Å². The second-order valence-electron chi connectivity index (χ2n) is 3.10. The smallest absolute Gasteiger partial charge is 0.330 e. The van der Waals surface area contributed by atoms with Crippen LogP contribution in [0.3, 0.4) is 0 Å². The van der Waals surface area contributed by atoms with Crippen LogP contribution in [-0.4, -0.2) is 6.54 Å². The Hall–Kier alpha value is -1.29. The summed E-state index contributed by atoms with van der Waals surface area (Å²) in [7, 11) is 0. The highest BCUT2D eigenvalue weighted by atomic mass is 19.4. The van der Waals surface area contributed by atoms with Crippen LogP contribution in [-0.2, 0) is 6.18 Å². The Labute approximate surface area is 86.4 Å². The van der Waals surface area contributed by atoms with E-state index in [0.29, 0.717) is 18.5 Å². The second-order valence-corrected chi connectivity index (χ2v) is 3.10. The molecule has 0 atom stereocenters. The van der Waals surface area contributed by atoms with Gasteiger partial charge in [-0.1, -0.05) is 24.3 Å². The number of hydrogen-bond acceptors (Lipinski definition) is 1. The molecule has 0 aliphatic rings. The molecule has 0 saturated heterocycles. The molecule has 0 aliphatic heterocycles. The van der Waals surface area contributed by atoms with Crippen LogP contribution in [0.5, 0.6) is 0 Å². The first-order valence-electron chi connectivity index (χ1n) is 4.58. The molecule has 0 fully saturated rings. The average Bonchev–Trinajstić information content (AvgIpc) is 2.17. The molecule has 4 heteroatoms. The summed E-state index contributed by atoms with van der Waals surface area (Å²) in [6, 6.07) is 5.19. The molecule has 82 valence electrons. The van der Waals surface area contributed by atoms with Gasteiger partial charge in [0.05, 0.1) is 5.56 Å². The normalized spacial score (nSPS) is 12.3. The summed E-state index contributed by atoms with van der Waals surface area (Å²) in [6.07, 6.45) is -0.217. The van der Waals surface area contributed by atoms with Crippen LogP contribution in [0.25, 0.3) is 6.08 Å². The molecule has 0 heterocycles. The van der Waals surface area contributed by atoms with Gasteiger partial charge in [-0.25, -0.2) is 0 Å². The molecule has 15 heavy (non-hydrogen) atoms. The van der Waals surface area contributed by atoms with Crippen LogP contribution >= 0.6 is 0 Å². The highest BCUT2D eigenvalue weighted by Gasteiger charge is 2.30. The van der Waals surface area contributed by atoms with Crippen molar-refractivity contribution in [2.24, 2.45) is 5.73 Å². The first-order valence-corrected chi connectivity index (χ1v) is 4.58. The fraction of sp³-hybridized carbons (Fsp3) is 0.273. The van der Waals surface area contributed by atoms with Crippen molar-refractivity contribution in [3.63, 3.8) is 0 Å². The van der Waals surface area contributed by atoms with Crippen molar-refractivity contribution in [3.8, 4) is 0 Å². The van der Waals surface area contributed by atoms with Gasteiger partial charge in [-0.05, 0) is 30.7 Å². The summed E-state index contributed by atoms with van der Waals surface area (Å²) in [5, 5.41) is 0. The summed E-state index contributed by atoms with van der Waals surface area (Å²) in [5.74, 6) is 0. The molecule has 0 unspecified atom stereocenters. The largest absolute Gasteiger partial charge is 0.416 e. The lowest BCUT2D eigenvalue weighted by Crippen LogP contribution is -2.04. The van der Waals surface area contributed by atoms with Crippen LogP contribution in [0.1, 0.15) is 17.5 Å². The first kappa shape index (κ1) is 11.8. The number of rotatable bonds is 3. The Morgan fingerprint density at radius 1 is 1.27 bits per heavy atom. The van der Waals surface area contributed by atoms with Gasteiger partial charge in [0.1, 0.15) is 0 Å². The molecule has 0 radical (unpaired) electrons. The van der Waals surface area contributed by atoms with E-state index in [1.54, 1.807) is 18.2 Å². The highest BCUT2D eigenvalue weighted by Crippen LogP contribution is 2.29. The summed E-state index contributed by atoms with van der Waals surface area (Å²) >= 11 is 0. The lowest BCUT2D eigenvalue weighted by Gasteiger charge is -2.06. The van der Waals surface area contributed by atoms with Crippen molar-refractivity contribution in [3.05, 3.63) is 41.5 Å². The van der Waals surface area contributed by atoms with Gasteiger partial charge in [-0.2, -0.15) is 13.2 Å². The topological polar surface area (TPSA) is 26.0 Å². The van der Waals surface area contributed by atoms with E-state index in [9.17, 15) is 13.2 Å².